The predicted molar refractivity (Wildman–Crippen MR) is 64.2 cm³/mol. The van der Waals surface area contributed by atoms with E-state index in [1.807, 2.05) is 0 Å². The fourth-order valence-corrected chi connectivity index (χ4v) is 1.75. The maximum Gasteiger partial charge on any atom is 0.161 e. The average molecular weight is 255 g/mol. The lowest BCUT2D eigenvalue weighted by atomic mass is 10.2. The molecule has 6 heteroatoms. The van der Waals surface area contributed by atoms with Gasteiger partial charge in [0, 0.05) is 18.5 Å². The molecule has 0 radical (unpaired) electrons. The van der Waals surface area contributed by atoms with Gasteiger partial charge >= 0.3 is 0 Å². The van der Waals surface area contributed by atoms with Crippen LogP contribution in [-0.4, -0.2) is 21.3 Å². The maximum atomic E-state index is 13.7. The average Bonchev–Trinajstić information content (AvgIpc) is 2.64. The van der Waals surface area contributed by atoms with E-state index in [1.54, 1.807) is 7.05 Å². The van der Waals surface area contributed by atoms with Crippen molar-refractivity contribution in [1.82, 2.24) is 14.8 Å². The quantitative estimate of drug-likeness (QED) is 0.908. The van der Waals surface area contributed by atoms with E-state index in [2.05, 4.69) is 10.1 Å². The molecule has 1 heterocycles. The molecule has 0 amide bonds. The molecule has 1 aromatic carbocycles. The molecule has 0 saturated heterocycles. The highest BCUT2D eigenvalue weighted by Gasteiger charge is 2.13. The zero-order valence-electron chi connectivity index (χ0n) is 9.32. The molecular weight excluding hydrogens is 243 g/mol. The standard InChI is InChI=1S/C11H12ClFN4/c1-17-11(15-10(16-17)4-5-14)8-6-7(12)2-3-9(8)13/h2-3,6H,4-5,14H2,1H3. The first kappa shape index (κ1) is 12.0. The third kappa shape index (κ3) is 2.45. The van der Waals surface area contributed by atoms with Crippen LogP contribution >= 0.6 is 11.6 Å². The first-order chi connectivity index (χ1) is 8.11. The Morgan fingerprint density at radius 1 is 1.47 bits per heavy atom. The van der Waals surface area contributed by atoms with Crippen LogP contribution in [0.2, 0.25) is 5.02 Å². The molecule has 0 atom stereocenters. The summed E-state index contributed by atoms with van der Waals surface area (Å²) >= 11 is 5.84. The SMILES string of the molecule is Cn1nc(CCN)nc1-c1cc(Cl)ccc1F. The second kappa shape index (κ2) is 4.81. The Morgan fingerprint density at radius 3 is 2.94 bits per heavy atom. The highest BCUT2D eigenvalue weighted by Crippen LogP contribution is 2.24. The van der Waals surface area contributed by atoms with Crippen molar-refractivity contribution in [2.75, 3.05) is 6.54 Å². The monoisotopic (exact) mass is 254 g/mol. The fourth-order valence-electron chi connectivity index (χ4n) is 1.58. The molecule has 0 aliphatic heterocycles. The smallest absolute Gasteiger partial charge is 0.161 e. The lowest BCUT2D eigenvalue weighted by Crippen LogP contribution is -2.04. The van der Waals surface area contributed by atoms with Gasteiger partial charge in [0.15, 0.2) is 11.6 Å². The van der Waals surface area contributed by atoms with Crippen molar-refractivity contribution in [3.05, 3.63) is 34.9 Å². The highest BCUT2D eigenvalue weighted by atomic mass is 35.5. The number of benzene rings is 1. The van der Waals surface area contributed by atoms with Gasteiger partial charge in [-0.3, -0.25) is 0 Å². The van der Waals surface area contributed by atoms with Gasteiger partial charge in [0.2, 0.25) is 0 Å². The summed E-state index contributed by atoms with van der Waals surface area (Å²) < 4.78 is 15.2. The number of aromatic nitrogens is 3. The second-order valence-electron chi connectivity index (χ2n) is 3.64. The van der Waals surface area contributed by atoms with Crippen LogP contribution in [0.5, 0.6) is 0 Å². The van der Waals surface area contributed by atoms with Crippen molar-refractivity contribution in [2.45, 2.75) is 6.42 Å². The van der Waals surface area contributed by atoms with Crippen molar-refractivity contribution in [1.29, 1.82) is 0 Å². The molecule has 2 aromatic rings. The molecule has 4 nitrogen and oxygen atoms in total. The number of rotatable bonds is 3. The molecule has 1 aromatic heterocycles. The van der Waals surface area contributed by atoms with Crippen molar-refractivity contribution in [3.8, 4) is 11.4 Å². The minimum atomic E-state index is -0.371. The third-order valence-electron chi connectivity index (χ3n) is 2.34. The molecule has 0 bridgehead atoms. The van der Waals surface area contributed by atoms with E-state index in [-0.39, 0.29) is 5.82 Å². The van der Waals surface area contributed by atoms with E-state index in [9.17, 15) is 4.39 Å². The molecule has 90 valence electrons. The number of nitrogens with two attached hydrogens (primary N) is 1. The van der Waals surface area contributed by atoms with Crippen molar-refractivity contribution in [3.63, 3.8) is 0 Å². The summed E-state index contributed by atoms with van der Waals surface area (Å²) in [5, 5.41) is 4.63. The molecular formula is C11H12ClFN4. The normalized spacial score (nSPS) is 10.8. The van der Waals surface area contributed by atoms with E-state index >= 15 is 0 Å². The Hall–Kier alpha value is -1.46. The summed E-state index contributed by atoms with van der Waals surface area (Å²) in [5.74, 6) is 0.682. The third-order valence-corrected chi connectivity index (χ3v) is 2.58. The van der Waals surface area contributed by atoms with E-state index in [4.69, 9.17) is 17.3 Å². The molecule has 0 aliphatic carbocycles. The summed E-state index contributed by atoms with van der Waals surface area (Å²) in [6.07, 6.45) is 0.566. The van der Waals surface area contributed by atoms with Crippen LogP contribution in [0.3, 0.4) is 0 Å². The fraction of sp³-hybridized carbons (Fsp3) is 0.273. The van der Waals surface area contributed by atoms with Gasteiger partial charge in [0.05, 0.1) is 5.56 Å². The predicted octanol–water partition coefficient (Wildman–Crippen LogP) is 1.78. The molecule has 0 spiro atoms. The van der Waals surface area contributed by atoms with Crippen LogP contribution in [0, 0.1) is 5.82 Å². The highest BCUT2D eigenvalue weighted by molar-refractivity contribution is 6.30. The van der Waals surface area contributed by atoms with Crippen LogP contribution < -0.4 is 5.73 Å². The van der Waals surface area contributed by atoms with E-state index in [0.29, 0.717) is 35.2 Å². The first-order valence-electron chi connectivity index (χ1n) is 5.17. The van der Waals surface area contributed by atoms with Gasteiger partial charge in [-0.1, -0.05) is 11.6 Å². The lowest BCUT2D eigenvalue weighted by Gasteiger charge is -2.02. The molecule has 2 N–H and O–H groups in total. The minimum Gasteiger partial charge on any atom is -0.330 e. The molecule has 0 unspecified atom stereocenters. The Kier molecular flexibility index (Phi) is 3.40. The van der Waals surface area contributed by atoms with Crippen LogP contribution in [-0.2, 0) is 13.5 Å². The number of nitrogens with zero attached hydrogens (tertiary/aromatic N) is 3. The summed E-state index contributed by atoms with van der Waals surface area (Å²) in [6.45, 7) is 0.460. The maximum absolute atomic E-state index is 13.7. The Morgan fingerprint density at radius 2 is 2.24 bits per heavy atom. The Labute approximate surface area is 103 Å². The molecule has 0 fully saturated rings. The number of hydrogen-bond donors (Lipinski definition) is 1. The van der Waals surface area contributed by atoms with Crippen molar-refractivity contribution < 1.29 is 4.39 Å². The van der Waals surface area contributed by atoms with Crippen molar-refractivity contribution in [2.24, 2.45) is 12.8 Å². The number of aryl methyl sites for hydroxylation is 1. The van der Waals surface area contributed by atoms with Gasteiger partial charge in [-0.2, -0.15) is 5.10 Å². The number of hydrogen-bond acceptors (Lipinski definition) is 3. The van der Waals surface area contributed by atoms with Gasteiger partial charge in [-0.25, -0.2) is 14.1 Å². The second-order valence-corrected chi connectivity index (χ2v) is 4.07. The number of halogens is 2. The van der Waals surface area contributed by atoms with E-state index in [1.165, 1.54) is 22.9 Å². The summed E-state index contributed by atoms with van der Waals surface area (Å²) in [5.41, 5.74) is 5.77. The Bertz CT molecular complexity index is 538. The van der Waals surface area contributed by atoms with Gasteiger partial charge in [0.25, 0.3) is 0 Å². The van der Waals surface area contributed by atoms with E-state index in [0.717, 1.165) is 0 Å². The molecule has 17 heavy (non-hydrogen) atoms. The summed E-state index contributed by atoms with van der Waals surface area (Å²) in [7, 11) is 1.71. The van der Waals surface area contributed by atoms with Gasteiger partial charge in [0.1, 0.15) is 5.82 Å². The van der Waals surface area contributed by atoms with Crippen molar-refractivity contribution >= 4 is 11.6 Å². The zero-order chi connectivity index (χ0) is 12.4. The van der Waals surface area contributed by atoms with Crippen LogP contribution in [0.15, 0.2) is 18.2 Å². The zero-order valence-corrected chi connectivity index (χ0v) is 10.1. The van der Waals surface area contributed by atoms with Crippen LogP contribution in [0.4, 0.5) is 4.39 Å². The minimum absolute atomic E-state index is 0.343. The van der Waals surface area contributed by atoms with Gasteiger partial charge in [-0.15, -0.1) is 0 Å². The van der Waals surface area contributed by atoms with E-state index < -0.39 is 0 Å². The van der Waals surface area contributed by atoms with Gasteiger partial charge < -0.3 is 5.73 Å². The van der Waals surface area contributed by atoms with Crippen LogP contribution in [0.1, 0.15) is 5.82 Å². The lowest BCUT2D eigenvalue weighted by molar-refractivity contribution is 0.627. The topological polar surface area (TPSA) is 56.7 Å². The Balaban J connectivity index is 2.48. The summed E-state index contributed by atoms with van der Waals surface area (Å²) in [6, 6.07) is 4.35. The largest absolute Gasteiger partial charge is 0.330 e. The molecule has 0 aliphatic rings. The first-order valence-corrected chi connectivity index (χ1v) is 5.55. The molecule has 2 rings (SSSR count). The molecule has 0 saturated carbocycles. The van der Waals surface area contributed by atoms with Crippen LogP contribution in [0.25, 0.3) is 11.4 Å². The summed E-state index contributed by atoms with van der Waals surface area (Å²) in [4.78, 5) is 4.24. The van der Waals surface area contributed by atoms with Gasteiger partial charge in [-0.05, 0) is 24.7 Å².